The highest BCUT2D eigenvalue weighted by molar-refractivity contribution is 6.02. The van der Waals surface area contributed by atoms with Gasteiger partial charge in [0.05, 0.1) is 18.7 Å². The Kier molecular flexibility index (Phi) is 1.95. The summed E-state index contributed by atoms with van der Waals surface area (Å²) in [6.45, 7) is 2.64. The molecule has 0 aromatic carbocycles. The van der Waals surface area contributed by atoms with E-state index in [2.05, 4.69) is 5.32 Å². The summed E-state index contributed by atoms with van der Waals surface area (Å²) in [7, 11) is 0. The molecule has 3 amide bonds. The van der Waals surface area contributed by atoms with Crippen LogP contribution < -0.4 is 5.32 Å². The van der Waals surface area contributed by atoms with E-state index in [0.29, 0.717) is 6.61 Å². The third-order valence-corrected chi connectivity index (χ3v) is 2.55. The van der Waals surface area contributed by atoms with E-state index in [9.17, 15) is 9.59 Å². The number of carbonyl (C=O) groups excluding carboxylic acids is 2. The molecule has 2 atom stereocenters. The Hall–Kier alpha value is -1.10. The average molecular weight is 184 g/mol. The zero-order chi connectivity index (χ0) is 9.42. The summed E-state index contributed by atoms with van der Waals surface area (Å²) in [6.07, 6.45) is 0.716. The number of ether oxygens (including phenoxy) is 1. The van der Waals surface area contributed by atoms with Crippen LogP contribution in [-0.4, -0.2) is 42.1 Å². The summed E-state index contributed by atoms with van der Waals surface area (Å²) in [5, 5.41) is 2.50. The van der Waals surface area contributed by atoms with Gasteiger partial charge in [0.15, 0.2) is 0 Å². The Morgan fingerprint density at radius 2 is 2.31 bits per heavy atom. The van der Waals surface area contributed by atoms with Gasteiger partial charge in [-0.05, 0) is 13.3 Å². The van der Waals surface area contributed by atoms with Crippen LogP contribution in [0.3, 0.4) is 0 Å². The molecule has 2 saturated heterocycles. The minimum absolute atomic E-state index is 0.0344. The first-order valence-corrected chi connectivity index (χ1v) is 4.41. The number of amides is 3. The number of nitrogens with zero attached hydrogens (tertiary/aromatic N) is 1. The highest BCUT2D eigenvalue weighted by Gasteiger charge is 2.40. The monoisotopic (exact) mass is 184 g/mol. The summed E-state index contributed by atoms with van der Waals surface area (Å²) in [5.41, 5.74) is 0. The van der Waals surface area contributed by atoms with Crippen molar-refractivity contribution in [3.8, 4) is 0 Å². The Labute approximate surface area is 76.0 Å². The molecule has 0 aromatic heterocycles. The van der Waals surface area contributed by atoms with E-state index in [-0.39, 0.29) is 30.6 Å². The molecule has 0 bridgehead atoms. The van der Waals surface area contributed by atoms with Gasteiger partial charge in [0.1, 0.15) is 0 Å². The molecular weight excluding hydrogens is 172 g/mol. The van der Waals surface area contributed by atoms with Gasteiger partial charge in [0, 0.05) is 6.61 Å². The third kappa shape index (κ3) is 1.29. The Morgan fingerprint density at radius 3 is 2.77 bits per heavy atom. The van der Waals surface area contributed by atoms with Gasteiger partial charge in [0.2, 0.25) is 5.91 Å². The first-order chi connectivity index (χ1) is 6.20. The molecular formula is C8H12N2O3. The van der Waals surface area contributed by atoms with Crippen LogP contribution in [0.25, 0.3) is 0 Å². The van der Waals surface area contributed by atoms with Gasteiger partial charge in [-0.25, -0.2) is 4.79 Å². The van der Waals surface area contributed by atoms with Crippen LogP contribution in [0.15, 0.2) is 0 Å². The maximum atomic E-state index is 11.3. The fourth-order valence-electron chi connectivity index (χ4n) is 1.83. The maximum absolute atomic E-state index is 11.3. The fraction of sp³-hybridized carbons (Fsp3) is 0.750. The second-order valence-electron chi connectivity index (χ2n) is 3.35. The van der Waals surface area contributed by atoms with Gasteiger partial charge < -0.3 is 10.1 Å². The minimum atomic E-state index is -0.285. The van der Waals surface area contributed by atoms with Crippen molar-refractivity contribution in [3.05, 3.63) is 0 Å². The zero-order valence-corrected chi connectivity index (χ0v) is 7.45. The number of hydrogen-bond acceptors (Lipinski definition) is 3. The molecule has 2 unspecified atom stereocenters. The smallest absolute Gasteiger partial charge is 0.324 e. The number of imide groups is 1. The molecule has 2 aliphatic rings. The largest absolute Gasteiger partial charge is 0.376 e. The van der Waals surface area contributed by atoms with Gasteiger partial charge in [-0.3, -0.25) is 9.69 Å². The molecule has 0 aromatic rings. The van der Waals surface area contributed by atoms with Crippen molar-refractivity contribution < 1.29 is 14.3 Å². The molecule has 2 rings (SSSR count). The van der Waals surface area contributed by atoms with Crippen LogP contribution in [0, 0.1) is 0 Å². The van der Waals surface area contributed by atoms with Gasteiger partial charge in [-0.15, -0.1) is 0 Å². The summed E-state index contributed by atoms with van der Waals surface area (Å²) in [6, 6.07) is -0.359. The van der Waals surface area contributed by atoms with Crippen molar-refractivity contribution in [1.29, 1.82) is 0 Å². The van der Waals surface area contributed by atoms with Gasteiger partial charge in [-0.2, -0.15) is 0 Å². The number of carbonyl (C=O) groups is 2. The van der Waals surface area contributed by atoms with Crippen molar-refractivity contribution in [1.82, 2.24) is 10.2 Å². The first-order valence-electron chi connectivity index (χ1n) is 4.41. The summed E-state index contributed by atoms with van der Waals surface area (Å²) >= 11 is 0. The average Bonchev–Trinajstić information content (AvgIpc) is 2.60. The van der Waals surface area contributed by atoms with Gasteiger partial charge in [-0.1, -0.05) is 0 Å². The van der Waals surface area contributed by atoms with Crippen molar-refractivity contribution in [2.75, 3.05) is 13.2 Å². The molecule has 0 saturated carbocycles. The van der Waals surface area contributed by atoms with Crippen LogP contribution >= 0.6 is 0 Å². The van der Waals surface area contributed by atoms with E-state index in [1.165, 1.54) is 4.90 Å². The van der Waals surface area contributed by atoms with Crippen LogP contribution in [-0.2, 0) is 9.53 Å². The minimum Gasteiger partial charge on any atom is -0.376 e. The number of urea groups is 1. The standard InChI is InChI=1S/C8H12N2O3/c1-5-6(2-3-13-5)10-7(11)4-9-8(10)12/h5-6H,2-4H2,1H3,(H,9,12). The predicted molar refractivity (Wildman–Crippen MR) is 44.1 cm³/mol. The van der Waals surface area contributed by atoms with E-state index in [1.807, 2.05) is 6.92 Å². The molecule has 2 aliphatic heterocycles. The summed E-state index contributed by atoms with van der Waals surface area (Å²) in [5.74, 6) is -0.146. The van der Waals surface area contributed by atoms with E-state index in [0.717, 1.165) is 6.42 Å². The van der Waals surface area contributed by atoms with E-state index >= 15 is 0 Å². The second kappa shape index (κ2) is 2.99. The fourth-order valence-corrected chi connectivity index (χ4v) is 1.83. The number of nitrogens with one attached hydrogen (secondary N) is 1. The Bertz CT molecular complexity index is 238. The first kappa shape index (κ1) is 8.50. The van der Waals surface area contributed by atoms with Crippen LogP contribution in [0.4, 0.5) is 4.79 Å². The second-order valence-corrected chi connectivity index (χ2v) is 3.35. The quantitative estimate of drug-likeness (QED) is 0.570. The van der Waals surface area contributed by atoms with Crippen LogP contribution in [0.5, 0.6) is 0 Å². The van der Waals surface area contributed by atoms with E-state index in [4.69, 9.17) is 4.74 Å². The zero-order valence-electron chi connectivity index (χ0n) is 7.45. The predicted octanol–water partition coefficient (Wildman–Crippen LogP) is -0.284. The number of rotatable bonds is 1. The molecule has 0 radical (unpaired) electrons. The molecule has 2 heterocycles. The normalized spacial score (nSPS) is 34.1. The molecule has 0 spiro atoms. The molecule has 2 fully saturated rings. The van der Waals surface area contributed by atoms with Crippen molar-refractivity contribution in [3.63, 3.8) is 0 Å². The lowest BCUT2D eigenvalue weighted by Crippen LogP contribution is -2.44. The Morgan fingerprint density at radius 1 is 1.54 bits per heavy atom. The van der Waals surface area contributed by atoms with Crippen LogP contribution in [0.2, 0.25) is 0 Å². The topological polar surface area (TPSA) is 58.6 Å². The lowest BCUT2D eigenvalue weighted by molar-refractivity contribution is -0.127. The molecule has 5 nitrogen and oxygen atoms in total. The van der Waals surface area contributed by atoms with Crippen molar-refractivity contribution in [2.24, 2.45) is 0 Å². The van der Waals surface area contributed by atoms with Crippen LogP contribution in [0.1, 0.15) is 13.3 Å². The summed E-state index contributed by atoms with van der Waals surface area (Å²) in [4.78, 5) is 23.8. The highest BCUT2D eigenvalue weighted by Crippen LogP contribution is 2.21. The van der Waals surface area contributed by atoms with Crippen molar-refractivity contribution in [2.45, 2.75) is 25.5 Å². The highest BCUT2D eigenvalue weighted by atomic mass is 16.5. The molecule has 13 heavy (non-hydrogen) atoms. The summed E-state index contributed by atoms with van der Waals surface area (Å²) < 4.78 is 5.30. The van der Waals surface area contributed by atoms with E-state index in [1.54, 1.807) is 0 Å². The molecule has 5 heteroatoms. The van der Waals surface area contributed by atoms with E-state index < -0.39 is 0 Å². The Balaban J connectivity index is 2.14. The lowest BCUT2D eigenvalue weighted by Gasteiger charge is -2.22. The number of hydrogen-bond donors (Lipinski definition) is 1. The lowest BCUT2D eigenvalue weighted by atomic mass is 10.1. The van der Waals surface area contributed by atoms with Gasteiger partial charge in [0.25, 0.3) is 0 Å². The third-order valence-electron chi connectivity index (χ3n) is 2.55. The van der Waals surface area contributed by atoms with Gasteiger partial charge >= 0.3 is 6.03 Å². The molecule has 72 valence electrons. The molecule has 0 aliphatic carbocycles. The molecule has 1 N–H and O–H groups in total. The SMILES string of the molecule is CC1OCCC1N1C(=O)CNC1=O. The van der Waals surface area contributed by atoms with Crippen molar-refractivity contribution >= 4 is 11.9 Å². The maximum Gasteiger partial charge on any atom is 0.324 e.